The lowest BCUT2D eigenvalue weighted by Crippen LogP contribution is -2.06. The van der Waals surface area contributed by atoms with E-state index in [2.05, 4.69) is 61.2 Å². The van der Waals surface area contributed by atoms with Crippen molar-refractivity contribution < 1.29 is 0 Å². The van der Waals surface area contributed by atoms with Gasteiger partial charge in [-0.3, -0.25) is 0 Å². The monoisotopic (exact) mass is 269 g/mol. The van der Waals surface area contributed by atoms with E-state index in [-0.39, 0.29) is 0 Å². The molecule has 0 fully saturated rings. The molecule has 1 heterocycles. The second-order valence-corrected chi connectivity index (χ2v) is 5.10. The number of hydrogen-bond donors (Lipinski definition) is 1. The summed E-state index contributed by atoms with van der Waals surface area (Å²) in [6.45, 7) is 9.47. The molecular weight excluding hydrogens is 246 g/mol. The molecule has 2 rings (SSSR count). The largest absolute Gasteiger partial charge is 0.370 e. The van der Waals surface area contributed by atoms with E-state index in [4.69, 9.17) is 0 Å². The summed E-state index contributed by atoms with van der Waals surface area (Å²) in [5.74, 6) is 1.75. The smallest absolute Gasteiger partial charge is 0.162 e. The Bertz CT molecular complexity index is 591. The van der Waals surface area contributed by atoms with Crippen LogP contribution in [-0.2, 0) is 6.42 Å². The number of aryl methyl sites for hydroxylation is 2. The van der Waals surface area contributed by atoms with Crippen LogP contribution in [0.5, 0.6) is 0 Å². The molecule has 0 unspecified atom stereocenters. The minimum Gasteiger partial charge on any atom is -0.370 e. The van der Waals surface area contributed by atoms with E-state index < -0.39 is 0 Å². The number of aromatic nitrogens is 2. The Morgan fingerprint density at radius 2 is 1.90 bits per heavy atom. The third-order valence-electron chi connectivity index (χ3n) is 3.54. The highest BCUT2D eigenvalue weighted by Gasteiger charge is 2.09. The van der Waals surface area contributed by atoms with Crippen LogP contribution < -0.4 is 5.32 Å². The normalized spacial score (nSPS) is 10.6. The van der Waals surface area contributed by atoms with Crippen LogP contribution in [0.1, 0.15) is 37.1 Å². The van der Waals surface area contributed by atoms with E-state index in [1.807, 2.05) is 6.07 Å². The molecule has 0 bridgehead atoms. The van der Waals surface area contributed by atoms with Gasteiger partial charge in [0.15, 0.2) is 5.82 Å². The van der Waals surface area contributed by atoms with Crippen LogP contribution in [0.2, 0.25) is 0 Å². The van der Waals surface area contributed by atoms with Gasteiger partial charge in [-0.25, -0.2) is 9.97 Å². The zero-order valence-electron chi connectivity index (χ0n) is 12.8. The highest BCUT2D eigenvalue weighted by atomic mass is 15.0. The van der Waals surface area contributed by atoms with Gasteiger partial charge >= 0.3 is 0 Å². The molecule has 1 aromatic heterocycles. The Balaban J connectivity index is 2.47. The Hall–Kier alpha value is -1.90. The molecule has 3 heteroatoms. The Labute approximate surface area is 121 Å². The summed E-state index contributed by atoms with van der Waals surface area (Å²) < 4.78 is 0. The molecule has 0 aliphatic rings. The fraction of sp³-hybridized carbons (Fsp3) is 0.412. The van der Waals surface area contributed by atoms with E-state index in [0.717, 1.165) is 42.3 Å². The molecule has 0 radical (unpaired) electrons. The first-order valence-electron chi connectivity index (χ1n) is 7.34. The molecule has 20 heavy (non-hydrogen) atoms. The molecule has 3 nitrogen and oxygen atoms in total. The molecule has 0 saturated heterocycles. The van der Waals surface area contributed by atoms with Gasteiger partial charge in [-0.15, -0.1) is 0 Å². The third kappa shape index (κ3) is 3.16. The summed E-state index contributed by atoms with van der Waals surface area (Å²) in [5, 5.41) is 3.36. The lowest BCUT2D eigenvalue weighted by atomic mass is 10.0. The van der Waals surface area contributed by atoms with Crippen LogP contribution in [-0.4, -0.2) is 16.5 Å². The molecule has 0 spiro atoms. The molecule has 0 aliphatic heterocycles. The van der Waals surface area contributed by atoms with Crippen LogP contribution in [0.3, 0.4) is 0 Å². The molecular formula is C17H23N3. The number of nitrogens with zero attached hydrogens (tertiary/aromatic N) is 2. The minimum absolute atomic E-state index is 0.823. The van der Waals surface area contributed by atoms with Crippen molar-refractivity contribution in [1.29, 1.82) is 0 Å². The average molecular weight is 269 g/mol. The Morgan fingerprint density at radius 3 is 2.60 bits per heavy atom. The molecule has 1 aromatic carbocycles. The van der Waals surface area contributed by atoms with Crippen LogP contribution in [0.25, 0.3) is 11.4 Å². The summed E-state index contributed by atoms with van der Waals surface area (Å²) in [6, 6.07) is 8.34. The van der Waals surface area contributed by atoms with Gasteiger partial charge in [0.1, 0.15) is 5.82 Å². The fourth-order valence-electron chi connectivity index (χ4n) is 2.14. The van der Waals surface area contributed by atoms with Gasteiger partial charge in [0.05, 0.1) is 0 Å². The first-order chi connectivity index (χ1) is 9.65. The maximum atomic E-state index is 4.68. The summed E-state index contributed by atoms with van der Waals surface area (Å²) in [7, 11) is 0. The number of nitrogens with one attached hydrogen (secondary N) is 1. The quantitative estimate of drug-likeness (QED) is 0.886. The summed E-state index contributed by atoms with van der Waals surface area (Å²) in [5.41, 5.74) is 4.73. The summed E-state index contributed by atoms with van der Waals surface area (Å²) >= 11 is 0. The maximum Gasteiger partial charge on any atom is 0.162 e. The first-order valence-corrected chi connectivity index (χ1v) is 7.34. The lowest BCUT2D eigenvalue weighted by Gasteiger charge is -2.11. The fourth-order valence-corrected chi connectivity index (χ4v) is 2.14. The van der Waals surface area contributed by atoms with Gasteiger partial charge in [-0.05, 0) is 37.8 Å². The molecule has 0 saturated carbocycles. The third-order valence-corrected chi connectivity index (χ3v) is 3.54. The molecule has 0 amide bonds. The highest BCUT2D eigenvalue weighted by molar-refractivity contribution is 5.63. The summed E-state index contributed by atoms with van der Waals surface area (Å²) in [6.07, 6.45) is 2.01. The zero-order valence-corrected chi connectivity index (χ0v) is 12.8. The van der Waals surface area contributed by atoms with Crippen LogP contribution >= 0.6 is 0 Å². The van der Waals surface area contributed by atoms with Crippen molar-refractivity contribution in [2.75, 3.05) is 11.9 Å². The van der Waals surface area contributed by atoms with Crippen LogP contribution in [0, 0.1) is 13.8 Å². The Kier molecular flexibility index (Phi) is 4.72. The molecule has 0 aliphatic carbocycles. The van der Waals surface area contributed by atoms with Crippen molar-refractivity contribution in [2.45, 2.75) is 40.5 Å². The number of benzene rings is 1. The second kappa shape index (κ2) is 6.51. The van der Waals surface area contributed by atoms with Crippen molar-refractivity contribution in [2.24, 2.45) is 0 Å². The van der Waals surface area contributed by atoms with Gasteiger partial charge < -0.3 is 5.32 Å². The van der Waals surface area contributed by atoms with Gasteiger partial charge in [-0.2, -0.15) is 0 Å². The predicted molar refractivity (Wildman–Crippen MR) is 85.1 cm³/mol. The zero-order chi connectivity index (χ0) is 14.5. The van der Waals surface area contributed by atoms with Gasteiger partial charge in [0.2, 0.25) is 0 Å². The molecule has 0 atom stereocenters. The standard InChI is InChI=1S/C17H23N3/c1-5-10-18-16-11-14(6-2)19-17(20-16)15-9-7-8-12(3)13(15)4/h7-9,11H,5-6,10H2,1-4H3,(H,18,19,20). The predicted octanol–water partition coefficient (Wildman–Crippen LogP) is 4.14. The van der Waals surface area contributed by atoms with E-state index in [1.165, 1.54) is 11.1 Å². The first kappa shape index (κ1) is 14.5. The topological polar surface area (TPSA) is 37.8 Å². The molecule has 106 valence electrons. The highest BCUT2D eigenvalue weighted by Crippen LogP contribution is 2.24. The number of hydrogen-bond acceptors (Lipinski definition) is 3. The molecule has 2 aromatic rings. The van der Waals surface area contributed by atoms with Crippen molar-refractivity contribution >= 4 is 5.82 Å². The molecule has 1 N–H and O–H groups in total. The van der Waals surface area contributed by atoms with Crippen LogP contribution in [0.4, 0.5) is 5.82 Å². The van der Waals surface area contributed by atoms with E-state index >= 15 is 0 Å². The van der Waals surface area contributed by atoms with Crippen LogP contribution in [0.15, 0.2) is 24.3 Å². The van der Waals surface area contributed by atoms with E-state index in [1.54, 1.807) is 0 Å². The Morgan fingerprint density at radius 1 is 1.10 bits per heavy atom. The van der Waals surface area contributed by atoms with Crippen molar-refractivity contribution in [3.8, 4) is 11.4 Å². The number of anilines is 1. The van der Waals surface area contributed by atoms with E-state index in [0.29, 0.717) is 0 Å². The van der Waals surface area contributed by atoms with Gasteiger partial charge in [0, 0.05) is 23.9 Å². The van der Waals surface area contributed by atoms with Crippen molar-refractivity contribution in [3.63, 3.8) is 0 Å². The summed E-state index contributed by atoms with van der Waals surface area (Å²) in [4.78, 5) is 9.35. The van der Waals surface area contributed by atoms with Gasteiger partial charge in [0.25, 0.3) is 0 Å². The van der Waals surface area contributed by atoms with Crippen molar-refractivity contribution in [1.82, 2.24) is 9.97 Å². The van der Waals surface area contributed by atoms with E-state index in [9.17, 15) is 0 Å². The SMILES string of the molecule is CCCNc1cc(CC)nc(-c2cccc(C)c2C)n1. The second-order valence-electron chi connectivity index (χ2n) is 5.10. The number of rotatable bonds is 5. The lowest BCUT2D eigenvalue weighted by molar-refractivity contribution is 0.950. The average Bonchev–Trinajstić information content (AvgIpc) is 2.47. The van der Waals surface area contributed by atoms with Gasteiger partial charge in [-0.1, -0.05) is 32.0 Å². The maximum absolute atomic E-state index is 4.68. The minimum atomic E-state index is 0.823. The van der Waals surface area contributed by atoms with Crippen molar-refractivity contribution in [3.05, 3.63) is 41.1 Å².